The van der Waals surface area contributed by atoms with Gasteiger partial charge in [-0.1, -0.05) is 6.07 Å². The zero-order chi connectivity index (χ0) is 17.0. The molecule has 7 heteroatoms. The van der Waals surface area contributed by atoms with Crippen molar-refractivity contribution in [3.8, 4) is 0 Å². The molecule has 0 aromatic heterocycles. The molecule has 0 aliphatic rings. The summed E-state index contributed by atoms with van der Waals surface area (Å²) in [6.45, 7) is 0. The van der Waals surface area contributed by atoms with Crippen LogP contribution in [0.1, 0.15) is 26.3 Å². The molecule has 1 amide bonds. The third kappa shape index (κ3) is 4.09. The molecule has 0 heterocycles. The van der Waals surface area contributed by atoms with Crippen LogP contribution < -0.4 is 5.32 Å². The number of hydrogen-bond donors (Lipinski definition) is 1. The maximum absolute atomic E-state index is 12.6. The van der Waals surface area contributed by atoms with Crippen molar-refractivity contribution in [2.24, 2.45) is 0 Å². The molecule has 0 unspecified atom stereocenters. The summed E-state index contributed by atoms with van der Waals surface area (Å²) in [5, 5.41) is 2.38. The predicted molar refractivity (Wildman–Crippen MR) is 77.2 cm³/mol. The standard InChI is InChI=1S/C16H12F3NO3/c1-23-15(22)11-7-5-10(6-8-11)14(21)20-13-4-2-3-12(9-13)16(17,18)19/h2-9H,1H3,(H,20,21). The lowest BCUT2D eigenvalue weighted by atomic mass is 10.1. The highest BCUT2D eigenvalue weighted by Crippen LogP contribution is 2.30. The number of esters is 1. The van der Waals surface area contributed by atoms with Gasteiger partial charge in [0.1, 0.15) is 0 Å². The summed E-state index contributed by atoms with van der Waals surface area (Å²) in [6.07, 6.45) is -4.48. The number of nitrogens with one attached hydrogen (secondary N) is 1. The number of anilines is 1. The Kier molecular flexibility index (Phi) is 4.68. The number of carbonyl (C=O) groups is 2. The van der Waals surface area contributed by atoms with Gasteiger partial charge in [0.2, 0.25) is 0 Å². The minimum atomic E-state index is -4.48. The van der Waals surface area contributed by atoms with Crippen LogP contribution in [-0.4, -0.2) is 19.0 Å². The molecule has 0 aliphatic carbocycles. The number of methoxy groups -OCH3 is 1. The minimum Gasteiger partial charge on any atom is -0.465 e. The molecule has 4 nitrogen and oxygen atoms in total. The summed E-state index contributed by atoms with van der Waals surface area (Å²) in [6, 6.07) is 9.89. The molecule has 120 valence electrons. The highest BCUT2D eigenvalue weighted by atomic mass is 19.4. The number of halogens is 3. The first-order valence-electron chi connectivity index (χ1n) is 6.48. The predicted octanol–water partition coefficient (Wildman–Crippen LogP) is 3.74. The smallest absolute Gasteiger partial charge is 0.416 e. The van der Waals surface area contributed by atoms with Gasteiger partial charge in [0.15, 0.2) is 0 Å². The molecular weight excluding hydrogens is 311 g/mol. The van der Waals surface area contributed by atoms with E-state index in [9.17, 15) is 22.8 Å². The Balaban J connectivity index is 2.15. The van der Waals surface area contributed by atoms with Crippen LogP contribution in [0.3, 0.4) is 0 Å². The van der Waals surface area contributed by atoms with Gasteiger partial charge < -0.3 is 10.1 Å². The topological polar surface area (TPSA) is 55.4 Å². The zero-order valence-corrected chi connectivity index (χ0v) is 12.0. The molecule has 0 bridgehead atoms. The summed E-state index contributed by atoms with van der Waals surface area (Å²) < 4.78 is 42.4. The van der Waals surface area contributed by atoms with E-state index in [4.69, 9.17) is 0 Å². The van der Waals surface area contributed by atoms with Crippen molar-refractivity contribution in [2.75, 3.05) is 12.4 Å². The van der Waals surface area contributed by atoms with Gasteiger partial charge >= 0.3 is 12.1 Å². The second-order valence-electron chi connectivity index (χ2n) is 4.60. The maximum Gasteiger partial charge on any atom is 0.416 e. The average Bonchev–Trinajstić information content (AvgIpc) is 2.53. The second kappa shape index (κ2) is 6.51. The summed E-state index contributed by atoms with van der Waals surface area (Å²) >= 11 is 0. The summed E-state index contributed by atoms with van der Waals surface area (Å²) in [4.78, 5) is 23.3. The molecule has 0 atom stereocenters. The lowest BCUT2D eigenvalue weighted by Gasteiger charge is -2.10. The van der Waals surface area contributed by atoms with Gasteiger partial charge in [-0.2, -0.15) is 13.2 Å². The van der Waals surface area contributed by atoms with Crippen LogP contribution in [0.5, 0.6) is 0 Å². The van der Waals surface area contributed by atoms with Crippen molar-refractivity contribution in [1.29, 1.82) is 0 Å². The van der Waals surface area contributed by atoms with Crippen LogP contribution in [0, 0.1) is 0 Å². The molecule has 2 aromatic carbocycles. The van der Waals surface area contributed by atoms with E-state index in [0.717, 1.165) is 12.1 Å². The molecular formula is C16H12F3NO3. The van der Waals surface area contributed by atoms with Crippen LogP contribution in [0.15, 0.2) is 48.5 Å². The Hall–Kier alpha value is -2.83. The van der Waals surface area contributed by atoms with Gasteiger partial charge in [0, 0.05) is 11.3 Å². The third-order valence-electron chi connectivity index (χ3n) is 3.02. The molecule has 23 heavy (non-hydrogen) atoms. The van der Waals surface area contributed by atoms with E-state index in [0.29, 0.717) is 0 Å². The highest BCUT2D eigenvalue weighted by molar-refractivity contribution is 6.04. The number of rotatable bonds is 3. The Morgan fingerprint density at radius 1 is 1.00 bits per heavy atom. The van der Waals surface area contributed by atoms with Crippen LogP contribution in [0.4, 0.5) is 18.9 Å². The molecule has 2 rings (SSSR count). The molecule has 0 saturated heterocycles. The quantitative estimate of drug-likeness (QED) is 0.875. The maximum atomic E-state index is 12.6. The van der Waals surface area contributed by atoms with Crippen molar-refractivity contribution in [1.82, 2.24) is 0 Å². The monoisotopic (exact) mass is 323 g/mol. The normalized spacial score (nSPS) is 11.0. The molecule has 0 fully saturated rings. The number of ether oxygens (including phenoxy) is 1. The van der Waals surface area contributed by atoms with E-state index in [1.54, 1.807) is 0 Å². The Morgan fingerprint density at radius 3 is 2.17 bits per heavy atom. The van der Waals surface area contributed by atoms with Gasteiger partial charge in [-0.05, 0) is 42.5 Å². The number of alkyl halides is 3. The molecule has 2 aromatic rings. The van der Waals surface area contributed by atoms with Gasteiger partial charge in [-0.15, -0.1) is 0 Å². The molecule has 0 radical (unpaired) electrons. The summed E-state index contributed by atoms with van der Waals surface area (Å²) in [5.41, 5.74) is -0.351. The molecule has 0 aliphatic heterocycles. The van der Waals surface area contributed by atoms with E-state index < -0.39 is 23.6 Å². The number of carbonyl (C=O) groups excluding carboxylic acids is 2. The van der Waals surface area contributed by atoms with E-state index in [1.165, 1.54) is 43.5 Å². The highest BCUT2D eigenvalue weighted by Gasteiger charge is 2.30. The average molecular weight is 323 g/mol. The van der Waals surface area contributed by atoms with Crippen LogP contribution in [0.2, 0.25) is 0 Å². The van der Waals surface area contributed by atoms with E-state index in [1.807, 2.05) is 0 Å². The second-order valence-corrected chi connectivity index (χ2v) is 4.60. The Labute approximate surface area is 129 Å². The lowest BCUT2D eigenvalue weighted by Crippen LogP contribution is -2.13. The van der Waals surface area contributed by atoms with Crippen molar-refractivity contribution >= 4 is 17.6 Å². The fraction of sp³-hybridized carbons (Fsp3) is 0.125. The Morgan fingerprint density at radius 2 is 1.61 bits per heavy atom. The lowest BCUT2D eigenvalue weighted by molar-refractivity contribution is -0.137. The van der Waals surface area contributed by atoms with Gasteiger partial charge in [0.05, 0.1) is 18.2 Å². The molecule has 1 N–H and O–H groups in total. The van der Waals surface area contributed by atoms with Gasteiger partial charge in [0.25, 0.3) is 5.91 Å². The number of amides is 1. The fourth-order valence-electron chi connectivity index (χ4n) is 1.85. The van der Waals surface area contributed by atoms with Gasteiger partial charge in [-0.3, -0.25) is 4.79 Å². The van der Waals surface area contributed by atoms with Crippen molar-refractivity contribution in [2.45, 2.75) is 6.18 Å². The number of hydrogen-bond acceptors (Lipinski definition) is 3. The van der Waals surface area contributed by atoms with Crippen LogP contribution >= 0.6 is 0 Å². The fourth-order valence-corrected chi connectivity index (χ4v) is 1.85. The van der Waals surface area contributed by atoms with Gasteiger partial charge in [-0.25, -0.2) is 4.79 Å². The Bertz CT molecular complexity index is 724. The molecule has 0 saturated carbocycles. The first-order valence-corrected chi connectivity index (χ1v) is 6.48. The van der Waals surface area contributed by atoms with E-state index in [-0.39, 0.29) is 16.8 Å². The number of benzene rings is 2. The van der Waals surface area contributed by atoms with E-state index in [2.05, 4.69) is 10.1 Å². The summed E-state index contributed by atoms with van der Waals surface area (Å²) in [5.74, 6) is -1.13. The zero-order valence-electron chi connectivity index (χ0n) is 12.0. The first-order chi connectivity index (χ1) is 10.8. The first kappa shape index (κ1) is 16.5. The molecule has 0 spiro atoms. The van der Waals surface area contributed by atoms with Crippen molar-refractivity contribution in [3.05, 3.63) is 65.2 Å². The van der Waals surface area contributed by atoms with Crippen LogP contribution in [-0.2, 0) is 10.9 Å². The minimum absolute atomic E-state index is 0.0295. The largest absolute Gasteiger partial charge is 0.465 e. The van der Waals surface area contributed by atoms with Crippen LogP contribution in [0.25, 0.3) is 0 Å². The third-order valence-corrected chi connectivity index (χ3v) is 3.02. The summed E-state index contributed by atoms with van der Waals surface area (Å²) in [7, 11) is 1.23. The van der Waals surface area contributed by atoms with Crippen molar-refractivity contribution < 1.29 is 27.5 Å². The van der Waals surface area contributed by atoms with Crippen molar-refractivity contribution in [3.63, 3.8) is 0 Å². The SMILES string of the molecule is COC(=O)c1ccc(C(=O)Nc2cccc(C(F)(F)F)c2)cc1. The van der Waals surface area contributed by atoms with E-state index >= 15 is 0 Å².